The van der Waals surface area contributed by atoms with E-state index in [9.17, 15) is 9.59 Å². The predicted octanol–water partition coefficient (Wildman–Crippen LogP) is 1.92. The number of amides is 1. The van der Waals surface area contributed by atoms with Crippen molar-refractivity contribution in [3.63, 3.8) is 0 Å². The van der Waals surface area contributed by atoms with Gasteiger partial charge in [-0.05, 0) is 33.6 Å². The first kappa shape index (κ1) is 16.5. The Morgan fingerprint density at radius 3 is 2.71 bits per heavy atom. The molecule has 0 aromatic carbocycles. The summed E-state index contributed by atoms with van der Waals surface area (Å²) >= 11 is 0. The lowest BCUT2D eigenvalue weighted by Gasteiger charge is -2.26. The number of carbonyl (C=O) groups excluding carboxylic acids is 1. The van der Waals surface area contributed by atoms with Crippen LogP contribution in [0.5, 0.6) is 0 Å². The number of nitrogens with one attached hydrogen (secondary N) is 1. The van der Waals surface area contributed by atoms with Crippen molar-refractivity contribution in [2.45, 2.75) is 52.6 Å². The number of rotatable bonds is 1. The van der Waals surface area contributed by atoms with E-state index in [1.54, 1.807) is 4.90 Å². The second-order valence-electron chi connectivity index (χ2n) is 7.12. The van der Waals surface area contributed by atoms with Gasteiger partial charge < -0.3 is 9.64 Å². The molecule has 3 rings (SSSR count). The minimum absolute atomic E-state index is 0.0688. The summed E-state index contributed by atoms with van der Waals surface area (Å²) < 4.78 is 6.94. The van der Waals surface area contributed by atoms with Crippen molar-refractivity contribution in [1.29, 1.82) is 0 Å². The molecule has 24 heavy (non-hydrogen) atoms. The van der Waals surface area contributed by atoms with E-state index in [4.69, 9.17) is 4.74 Å². The number of H-pyrrole nitrogens is 1. The van der Waals surface area contributed by atoms with Gasteiger partial charge in [-0.1, -0.05) is 6.92 Å². The van der Waals surface area contributed by atoms with E-state index < -0.39 is 5.60 Å². The second-order valence-corrected chi connectivity index (χ2v) is 7.12. The first-order chi connectivity index (χ1) is 11.3. The van der Waals surface area contributed by atoms with E-state index >= 15 is 0 Å². The normalized spacial score (nSPS) is 15.2. The van der Waals surface area contributed by atoms with Crippen LogP contribution in [0.25, 0.3) is 5.65 Å². The number of aromatic nitrogens is 3. The molecule has 1 aliphatic rings. The average Bonchev–Trinajstić information content (AvgIpc) is 2.77. The Balaban J connectivity index is 1.90. The number of hydrogen-bond acceptors (Lipinski definition) is 4. The second kappa shape index (κ2) is 5.96. The summed E-state index contributed by atoms with van der Waals surface area (Å²) in [6.45, 7) is 8.55. The third-order valence-corrected chi connectivity index (χ3v) is 4.20. The van der Waals surface area contributed by atoms with E-state index in [0.29, 0.717) is 37.1 Å². The first-order valence-corrected chi connectivity index (χ1v) is 8.39. The van der Waals surface area contributed by atoms with Crippen LogP contribution in [0, 0.1) is 0 Å². The van der Waals surface area contributed by atoms with Gasteiger partial charge in [-0.25, -0.2) is 14.3 Å². The van der Waals surface area contributed by atoms with E-state index in [-0.39, 0.29) is 11.7 Å². The average molecular weight is 332 g/mol. The molecule has 7 heteroatoms. The molecule has 0 atom stereocenters. The summed E-state index contributed by atoms with van der Waals surface area (Å²) in [5.41, 5.74) is 2.58. The summed E-state index contributed by atoms with van der Waals surface area (Å²) in [4.78, 5) is 31.3. The number of aryl methyl sites for hydroxylation is 1. The summed E-state index contributed by atoms with van der Waals surface area (Å²) in [5.74, 6) is 0. The largest absolute Gasteiger partial charge is 0.444 e. The predicted molar refractivity (Wildman–Crippen MR) is 90.4 cm³/mol. The Kier molecular flexibility index (Phi) is 4.11. The van der Waals surface area contributed by atoms with Crippen LogP contribution in [-0.4, -0.2) is 44.3 Å². The monoisotopic (exact) mass is 332 g/mol. The molecule has 0 fully saturated rings. The Hall–Kier alpha value is -2.31. The van der Waals surface area contributed by atoms with Crippen LogP contribution in [0.2, 0.25) is 0 Å². The zero-order chi connectivity index (χ0) is 17.5. The van der Waals surface area contributed by atoms with Crippen molar-refractivity contribution >= 4 is 11.7 Å². The van der Waals surface area contributed by atoms with Crippen molar-refractivity contribution in [3.05, 3.63) is 33.4 Å². The molecule has 1 aliphatic heterocycles. The van der Waals surface area contributed by atoms with E-state index in [1.165, 1.54) is 4.52 Å². The summed E-state index contributed by atoms with van der Waals surface area (Å²) in [5, 5.41) is 2.98. The van der Waals surface area contributed by atoms with Gasteiger partial charge in [0.25, 0.3) is 5.56 Å². The first-order valence-electron chi connectivity index (χ1n) is 8.39. The Labute approximate surface area is 140 Å². The molecule has 3 heterocycles. The Morgan fingerprint density at radius 1 is 1.33 bits per heavy atom. The number of hydrogen-bond donors (Lipinski definition) is 1. The molecular weight excluding hydrogens is 308 g/mol. The molecule has 0 bridgehead atoms. The van der Waals surface area contributed by atoms with E-state index in [2.05, 4.69) is 10.1 Å². The molecule has 1 amide bonds. The lowest BCUT2D eigenvalue weighted by atomic mass is 10.1. The van der Waals surface area contributed by atoms with Gasteiger partial charge in [0, 0.05) is 36.8 Å². The summed E-state index contributed by atoms with van der Waals surface area (Å²) in [6.07, 6.45) is 3.35. The number of aromatic amines is 1. The number of carbonyl (C=O) groups is 1. The van der Waals surface area contributed by atoms with Crippen molar-refractivity contribution < 1.29 is 9.53 Å². The maximum absolute atomic E-state index is 12.7. The zero-order valence-electron chi connectivity index (χ0n) is 14.7. The zero-order valence-corrected chi connectivity index (χ0v) is 14.7. The van der Waals surface area contributed by atoms with Crippen molar-refractivity contribution in [2.24, 2.45) is 0 Å². The Morgan fingerprint density at radius 2 is 2.04 bits per heavy atom. The molecule has 1 N–H and O–H groups in total. The van der Waals surface area contributed by atoms with Crippen LogP contribution in [0.3, 0.4) is 0 Å². The molecule has 130 valence electrons. The Bertz CT molecular complexity index is 829. The molecule has 2 aromatic heterocycles. The highest BCUT2D eigenvalue weighted by Crippen LogP contribution is 2.17. The molecule has 0 saturated carbocycles. The highest BCUT2D eigenvalue weighted by molar-refractivity contribution is 5.68. The maximum atomic E-state index is 12.7. The van der Waals surface area contributed by atoms with Gasteiger partial charge in [0.05, 0.1) is 5.69 Å². The molecule has 0 aliphatic carbocycles. The quantitative estimate of drug-likeness (QED) is 0.865. The van der Waals surface area contributed by atoms with Crippen LogP contribution in [0.15, 0.2) is 11.0 Å². The molecule has 2 aromatic rings. The number of nitrogens with zero attached hydrogens (tertiary/aromatic N) is 3. The third kappa shape index (κ3) is 3.02. The molecule has 0 radical (unpaired) electrons. The van der Waals surface area contributed by atoms with Crippen LogP contribution in [-0.2, 0) is 24.0 Å². The van der Waals surface area contributed by atoms with Crippen LogP contribution in [0.4, 0.5) is 4.79 Å². The standard InChI is InChI=1S/C17H24N4O3/c1-5-11-10-18-21-14(11)19-13-7-9-20(8-6-12(13)15(21)22)16(23)24-17(2,3)4/h10,18H,5-9H2,1-4H3. The molecule has 0 saturated heterocycles. The maximum Gasteiger partial charge on any atom is 0.410 e. The van der Waals surface area contributed by atoms with Gasteiger partial charge in [0.15, 0.2) is 5.65 Å². The van der Waals surface area contributed by atoms with Gasteiger partial charge >= 0.3 is 6.09 Å². The van der Waals surface area contributed by atoms with Gasteiger partial charge in [-0.15, -0.1) is 0 Å². The van der Waals surface area contributed by atoms with Crippen molar-refractivity contribution in [1.82, 2.24) is 19.5 Å². The minimum atomic E-state index is -0.528. The van der Waals surface area contributed by atoms with Crippen LogP contribution < -0.4 is 5.56 Å². The molecule has 0 unspecified atom stereocenters. The van der Waals surface area contributed by atoms with E-state index in [0.717, 1.165) is 17.7 Å². The van der Waals surface area contributed by atoms with Gasteiger partial charge in [0.1, 0.15) is 5.60 Å². The van der Waals surface area contributed by atoms with E-state index in [1.807, 2.05) is 33.9 Å². The van der Waals surface area contributed by atoms with Crippen molar-refractivity contribution in [2.75, 3.05) is 13.1 Å². The van der Waals surface area contributed by atoms with Gasteiger partial charge in [-0.3, -0.25) is 9.89 Å². The topological polar surface area (TPSA) is 79.7 Å². The number of ether oxygens (including phenoxy) is 1. The van der Waals surface area contributed by atoms with Gasteiger partial charge in [-0.2, -0.15) is 0 Å². The fourth-order valence-corrected chi connectivity index (χ4v) is 2.97. The lowest BCUT2D eigenvalue weighted by molar-refractivity contribution is 0.0258. The SMILES string of the molecule is CCc1c[nH]n2c(=O)c3c(nc12)CCN(C(=O)OC(C)(C)C)CC3. The molecule has 0 spiro atoms. The number of fused-ring (bicyclic) bond motifs is 2. The van der Waals surface area contributed by atoms with Gasteiger partial charge in [0.2, 0.25) is 0 Å². The highest BCUT2D eigenvalue weighted by Gasteiger charge is 2.26. The lowest BCUT2D eigenvalue weighted by Crippen LogP contribution is -2.38. The van der Waals surface area contributed by atoms with Crippen LogP contribution >= 0.6 is 0 Å². The summed E-state index contributed by atoms with van der Waals surface area (Å²) in [6, 6.07) is 0. The summed E-state index contributed by atoms with van der Waals surface area (Å²) in [7, 11) is 0. The fourth-order valence-electron chi connectivity index (χ4n) is 2.97. The fraction of sp³-hybridized carbons (Fsp3) is 0.588. The highest BCUT2D eigenvalue weighted by atomic mass is 16.6. The molecule has 7 nitrogen and oxygen atoms in total. The van der Waals surface area contributed by atoms with Crippen molar-refractivity contribution in [3.8, 4) is 0 Å². The third-order valence-electron chi connectivity index (χ3n) is 4.20. The smallest absolute Gasteiger partial charge is 0.410 e. The molecular formula is C17H24N4O3. The van der Waals surface area contributed by atoms with Crippen LogP contribution in [0.1, 0.15) is 44.5 Å². The minimum Gasteiger partial charge on any atom is -0.444 e.